The zero-order valence-electron chi connectivity index (χ0n) is 14.5. The molecule has 138 valence electrons. The molecule has 0 unspecified atom stereocenters. The summed E-state index contributed by atoms with van der Waals surface area (Å²) in [5.74, 6) is 0.351. The molecule has 1 saturated heterocycles. The van der Waals surface area contributed by atoms with E-state index >= 15 is 0 Å². The summed E-state index contributed by atoms with van der Waals surface area (Å²) in [4.78, 5) is 19.9. The molecule has 0 spiro atoms. The number of esters is 1. The van der Waals surface area contributed by atoms with Crippen molar-refractivity contribution in [2.24, 2.45) is 10.7 Å². The Balaban J connectivity index is 1.53. The van der Waals surface area contributed by atoms with Crippen molar-refractivity contribution in [2.45, 2.75) is 6.54 Å². The van der Waals surface area contributed by atoms with Gasteiger partial charge >= 0.3 is 5.97 Å². The molecule has 1 aliphatic rings. The van der Waals surface area contributed by atoms with Crippen molar-refractivity contribution in [1.29, 1.82) is 0 Å². The van der Waals surface area contributed by atoms with Crippen molar-refractivity contribution >= 4 is 17.6 Å². The summed E-state index contributed by atoms with van der Waals surface area (Å²) in [6, 6.07) is 9.70. The van der Waals surface area contributed by atoms with Gasteiger partial charge in [0.15, 0.2) is 5.96 Å². The molecule has 0 amide bonds. The minimum Gasteiger partial charge on any atom is -0.463 e. The lowest BCUT2D eigenvalue weighted by atomic mass is 10.2. The average Bonchev–Trinajstić information content (AvgIpc) is 3.15. The van der Waals surface area contributed by atoms with Gasteiger partial charge in [0.2, 0.25) is 5.76 Å². The number of halogens is 1. The lowest BCUT2D eigenvalue weighted by molar-refractivity contribution is 0.0563. The molecule has 26 heavy (non-hydrogen) atoms. The van der Waals surface area contributed by atoms with E-state index in [2.05, 4.69) is 14.6 Å². The SMILES string of the molecule is COC(=O)c1ccc(CN=C(N)N2CCN(c3ccc(F)cc3)CC2)o1. The van der Waals surface area contributed by atoms with Crippen molar-refractivity contribution < 1.29 is 18.3 Å². The van der Waals surface area contributed by atoms with Gasteiger partial charge in [0.1, 0.15) is 18.1 Å². The number of aliphatic imine (C=N–C) groups is 1. The van der Waals surface area contributed by atoms with E-state index < -0.39 is 5.97 Å². The predicted octanol–water partition coefficient (Wildman–Crippen LogP) is 1.84. The van der Waals surface area contributed by atoms with E-state index in [-0.39, 0.29) is 18.1 Å². The van der Waals surface area contributed by atoms with Crippen LogP contribution in [-0.4, -0.2) is 50.1 Å². The number of carbonyl (C=O) groups is 1. The van der Waals surface area contributed by atoms with Gasteiger partial charge in [-0.3, -0.25) is 0 Å². The van der Waals surface area contributed by atoms with Gasteiger partial charge in [-0.1, -0.05) is 0 Å². The van der Waals surface area contributed by atoms with E-state index in [1.807, 2.05) is 4.90 Å². The summed E-state index contributed by atoms with van der Waals surface area (Å²) in [7, 11) is 1.30. The Morgan fingerprint density at radius 2 is 1.88 bits per heavy atom. The van der Waals surface area contributed by atoms with E-state index in [1.165, 1.54) is 19.2 Å². The summed E-state index contributed by atoms with van der Waals surface area (Å²) in [5.41, 5.74) is 7.06. The number of guanidine groups is 1. The van der Waals surface area contributed by atoms with Gasteiger partial charge < -0.3 is 24.7 Å². The molecule has 0 saturated carbocycles. The number of benzene rings is 1. The average molecular weight is 360 g/mol. The van der Waals surface area contributed by atoms with E-state index in [1.54, 1.807) is 24.3 Å². The molecule has 2 aromatic rings. The molecular formula is C18H21FN4O3. The first kappa shape index (κ1) is 17.8. The molecular weight excluding hydrogens is 339 g/mol. The van der Waals surface area contributed by atoms with E-state index in [0.717, 1.165) is 31.9 Å². The van der Waals surface area contributed by atoms with Gasteiger partial charge in [0.25, 0.3) is 0 Å². The number of hydrogen-bond acceptors (Lipinski definition) is 5. The molecule has 1 fully saturated rings. The Morgan fingerprint density at radius 3 is 2.54 bits per heavy atom. The molecule has 0 atom stereocenters. The first-order valence-electron chi connectivity index (χ1n) is 8.29. The topological polar surface area (TPSA) is 84.3 Å². The van der Waals surface area contributed by atoms with Gasteiger partial charge in [0.05, 0.1) is 7.11 Å². The van der Waals surface area contributed by atoms with Crippen LogP contribution in [-0.2, 0) is 11.3 Å². The minimum absolute atomic E-state index is 0.143. The monoisotopic (exact) mass is 360 g/mol. The zero-order valence-corrected chi connectivity index (χ0v) is 14.5. The van der Waals surface area contributed by atoms with Crippen LogP contribution in [0, 0.1) is 5.82 Å². The first-order chi connectivity index (χ1) is 12.6. The van der Waals surface area contributed by atoms with Gasteiger partial charge in [-0.05, 0) is 36.4 Å². The maximum absolute atomic E-state index is 13.0. The number of piperazine rings is 1. The number of carbonyl (C=O) groups excluding carboxylic acids is 1. The van der Waals surface area contributed by atoms with Crippen LogP contribution in [0.4, 0.5) is 10.1 Å². The third-order valence-corrected chi connectivity index (χ3v) is 4.24. The van der Waals surface area contributed by atoms with Crippen molar-refractivity contribution in [3.8, 4) is 0 Å². The molecule has 0 bridgehead atoms. The Kier molecular flexibility index (Phi) is 5.40. The lowest BCUT2D eigenvalue weighted by Crippen LogP contribution is -2.51. The highest BCUT2D eigenvalue weighted by atomic mass is 19.1. The van der Waals surface area contributed by atoms with E-state index in [9.17, 15) is 9.18 Å². The second-order valence-electron chi connectivity index (χ2n) is 5.88. The normalized spacial score (nSPS) is 15.2. The number of furan rings is 1. The van der Waals surface area contributed by atoms with Crippen molar-refractivity contribution in [1.82, 2.24) is 4.90 Å². The summed E-state index contributed by atoms with van der Waals surface area (Å²) < 4.78 is 23.0. The van der Waals surface area contributed by atoms with Crippen LogP contribution in [0.2, 0.25) is 0 Å². The summed E-state index contributed by atoms with van der Waals surface area (Å²) in [6.07, 6.45) is 0. The molecule has 0 radical (unpaired) electrons. The molecule has 1 aromatic heterocycles. The zero-order chi connectivity index (χ0) is 18.5. The molecule has 2 N–H and O–H groups in total. The number of ether oxygens (including phenoxy) is 1. The second-order valence-corrected chi connectivity index (χ2v) is 5.88. The molecule has 1 aliphatic heterocycles. The summed E-state index contributed by atoms with van der Waals surface area (Å²) >= 11 is 0. The molecule has 3 rings (SSSR count). The Morgan fingerprint density at radius 1 is 1.19 bits per heavy atom. The maximum atomic E-state index is 13.0. The molecule has 8 heteroatoms. The third-order valence-electron chi connectivity index (χ3n) is 4.24. The van der Waals surface area contributed by atoms with Crippen molar-refractivity contribution in [2.75, 3.05) is 38.2 Å². The summed E-state index contributed by atoms with van der Waals surface area (Å²) in [5, 5.41) is 0. The van der Waals surface area contributed by atoms with Crippen LogP contribution < -0.4 is 10.6 Å². The van der Waals surface area contributed by atoms with Crippen LogP contribution in [0.3, 0.4) is 0 Å². The molecule has 2 heterocycles. The Bertz CT molecular complexity index is 780. The molecule has 7 nitrogen and oxygen atoms in total. The van der Waals surface area contributed by atoms with Crippen LogP contribution >= 0.6 is 0 Å². The van der Waals surface area contributed by atoms with Crippen molar-refractivity contribution in [3.63, 3.8) is 0 Å². The number of nitrogens with two attached hydrogens (primary N) is 1. The molecule has 0 aliphatic carbocycles. The minimum atomic E-state index is -0.523. The van der Waals surface area contributed by atoms with Crippen LogP contribution in [0.25, 0.3) is 0 Å². The van der Waals surface area contributed by atoms with Gasteiger partial charge in [-0.15, -0.1) is 0 Å². The number of anilines is 1. The highest BCUT2D eigenvalue weighted by Gasteiger charge is 2.19. The first-order valence-corrected chi connectivity index (χ1v) is 8.29. The number of nitrogens with zero attached hydrogens (tertiary/aromatic N) is 3. The van der Waals surface area contributed by atoms with Gasteiger partial charge in [-0.25, -0.2) is 14.2 Å². The van der Waals surface area contributed by atoms with Crippen LogP contribution in [0.5, 0.6) is 0 Å². The molecule has 1 aromatic carbocycles. The van der Waals surface area contributed by atoms with Crippen LogP contribution in [0.1, 0.15) is 16.3 Å². The number of methoxy groups -OCH3 is 1. The van der Waals surface area contributed by atoms with Gasteiger partial charge in [0, 0.05) is 31.9 Å². The smallest absolute Gasteiger partial charge is 0.373 e. The third kappa shape index (κ3) is 4.14. The fraction of sp³-hybridized carbons (Fsp3) is 0.333. The van der Waals surface area contributed by atoms with Crippen LogP contribution in [0.15, 0.2) is 45.8 Å². The van der Waals surface area contributed by atoms with E-state index in [0.29, 0.717) is 11.7 Å². The second kappa shape index (κ2) is 7.90. The van der Waals surface area contributed by atoms with E-state index in [4.69, 9.17) is 10.2 Å². The highest BCUT2D eigenvalue weighted by molar-refractivity contribution is 5.86. The highest BCUT2D eigenvalue weighted by Crippen LogP contribution is 2.17. The quantitative estimate of drug-likeness (QED) is 0.509. The van der Waals surface area contributed by atoms with Gasteiger partial charge in [-0.2, -0.15) is 0 Å². The number of hydrogen-bond donors (Lipinski definition) is 1. The summed E-state index contributed by atoms with van der Waals surface area (Å²) in [6.45, 7) is 3.24. The van der Waals surface area contributed by atoms with Crippen molar-refractivity contribution in [3.05, 3.63) is 53.7 Å². The standard InChI is InChI=1S/C18H21FN4O3/c1-25-17(24)16-7-6-15(26-16)12-21-18(20)23-10-8-22(9-11-23)14-4-2-13(19)3-5-14/h2-7H,8-12H2,1H3,(H2,20,21). The Labute approximate surface area is 150 Å². The fourth-order valence-corrected chi connectivity index (χ4v) is 2.78. The fourth-order valence-electron chi connectivity index (χ4n) is 2.78. The number of rotatable bonds is 4. The predicted molar refractivity (Wildman–Crippen MR) is 95.6 cm³/mol. The largest absolute Gasteiger partial charge is 0.463 e. The lowest BCUT2D eigenvalue weighted by Gasteiger charge is -2.36. The Hall–Kier alpha value is -3.03. The maximum Gasteiger partial charge on any atom is 0.373 e.